The Morgan fingerprint density at radius 3 is 2.78 bits per heavy atom. The molecule has 1 aliphatic carbocycles. The molecule has 2 N–H and O–H groups in total. The molecule has 1 unspecified atom stereocenters. The smallest absolute Gasteiger partial charge is 0.240 e. The number of nitrogens with zero attached hydrogens (tertiary/aromatic N) is 3. The van der Waals surface area contributed by atoms with Crippen LogP contribution in [0.4, 0.5) is 0 Å². The molecule has 0 amide bonds. The lowest BCUT2D eigenvalue weighted by atomic mass is 10.0. The van der Waals surface area contributed by atoms with E-state index in [2.05, 4.69) is 35.9 Å². The largest absolute Gasteiger partial charge is 0.338 e. The van der Waals surface area contributed by atoms with E-state index in [1.54, 1.807) is 0 Å². The Hall–Kier alpha value is -0.940. The van der Waals surface area contributed by atoms with Gasteiger partial charge in [-0.25, -0.2) is 0 Å². The average molecular weight is 252 g/mol. The molecular weight excluding hydrogens is 228 g/mol. The monoisotopic (exact) mass is 252 g/mol. The van der Waals surface area contributed by atoms with Gasteiger partial charge in [-0.15, -0.1) is 0 Å². The first-order valence-electron chi connectivity index (χ1n) is 6.83. The molecule has 1 aromatic rings. The summed E-state index contributed by atoms with van der Waals surface area (Å²) in [5, 5.41) is 4.02. The molecule has 1 aromatic heterocycles. The first-order valence-corrected chi connectivity index (χ1v) is 6.83. The fourth-order valence-corrected chi connectivity index (χ4v) is 1.85. The van der Waals surface area contributed by atoms with E-state index < -0.39 is 0 Å². The zero-order valence-electron chi connectivity index (χ0n) is 11.6. The van der Waals surface area contributed by atoms with E-state index in [1.807, 2.05) is 0 Å². The predicted molar refractivity (Wildman–Crippen MR) is 70.0 cm³/mol. The van der Waals surface area contributed by atoms with Crippen molar-refractivity contribution >= 4 is 0 Å². The van der Waals surface area contributed by atoms with Gasteiger partial charge in [0, 0.05) is 12.0 Å². The molecule has 5 nitrogen and oxygen atoms in total. The summed E-state index contributed by atoms with van der Waals surface area (Å²) in [6, 6.07) is 0.261. The lowest BCUT2D eigenvalue weighted by Gasteiger charge is -2.19. The first kappa shape index (κ1) is 13.5. The Bertz CT molecular complexity index is 373. The van der Waals surface area contributed by atoms with Gasteiger partial charge < -0.3 is 10.3 Å². The standard InChI is InChI=1S/C13H24N4O/c1-9(2)11(14)6-7-17(3)8-12-15-13(16-18-12)10-4-5-10/h9-11H,4-8,14H2,1-3H3. The summed E-state index contributed by atoms with van der Waals surface area (Å²) in [5.41, 5.74) is 6.03. The van der Waals surface area contributed by atoms with Gasteiger partial charge in [-0.05, 0) is 38.8 Å². The number of aromatic nitrogens is 2. The second-order valence-electron chi connectivity index (χ2n) is 5.75. The van der Waals surface area contributed by atoms with Crippen LogP contribution < -0.4 is 5.73 Å². The van der Waals surface area contributed by atoms with Crippen LogP contribution in [-0.4, -0.2) is 34.7 Å². The number of nitrogens with two attached hydrogens (primary N) is 1. The van der Waals surface area contributed by atoms with Crippen LogP contribution in [0.15, 0.2) is 4.52 Å². The van der Waals surface area contributed by atoms with Crippen molar-refractivity contribution in [2.75, 3.05) is 13.6 Å². The number of hydrogen-bond donors (Lipinski definition) is 1. The molecule has 102 valence electrons. The molecule has 0 aromatic carbocycles. The summed E-state index contributed by atoms with van der Waals surface area (Å²) in [5.74, 6) is 2.69. The maximum atomic E-state index is 6.03. The van der Waals surface area contributed by atoms with Crippen LogP contribution in [0.3, 0.4) is 0 Å². The van der Waals surface area contributed by atoms with Gasteiger partial charge in [-0.1, -0.05) is 19.0 Å². The lowest BCUT2D eigenvalue weighted by molar-refractivity contribution is 0.252. The summed E-state index contributed by atoms with van der Waals surface area (Å²) >= 11 is 0. The van der Waals surface area contributed by atoms with Crippen molar-refractivity contribution in [3.8, 4) is 0 Å². The van der Waals surface area contributed by atoms with E-state index in [0.29, 0.717) is 18.4 Å². The highest BCUT2D eigenvalue weighted by atomic mass is 16.5. The third-order valence-electron chi connectivity index (χ3n) is 3.53. The van der Waals surface area contributed by atoms with Gasteiger partial charge in [0.15, 0.2) is 5.82 Å². The predicted octanol–water partition coefficient (Wildman–Crippen LogP) is 1.75. The molecular formula is C13H24N4O. The zero-order valence-corrected chi connectivity index (χ0v) is 11.6. The minimum Gasteiger partial charge on any atom is -0.338 e. The van der Waals surface area contributed by atoms with Crippen LogP contribution in [0.2, 0.25) is 0 Å². The molecule has 1 saturated carbocycles. The summed E-state index contributed by atoms with van der Waals surface area (Å²) in [6.07, 6.45) is 3.41. The molecule has 0 bridgehead atoms. The second-order valence-corrected chi connectivity index (χ2v) is 5.75. The van der Waals surface area contributed by atoms with Crippen LogP contribution in [0.5, 0.6) is 0 Å². The van der Waals surface area contributed by atoms with Gasteiger partial charge in [0.05, 0.1) is 6.54 Å². The molecule has 0 saturated heterocycles. The van der Waals surface area contributed by atoms with Crippen molar-refractivity contribution in [3.05, 3.63) is 11.7 Å². The van der Waals surface area contributed by atoms with Gasteiger partial charge in [0.1, 0.15) is 0 Å². The molecule has 1 aliphatic rings. The van der Waals surface area contributed by atoms with Crippen molar-refractivity contribution in [1.82, 2.24) is 15.0 Å². The van der Waals surface area contributed by atoms with Crippen molar-refractivity contribution in [3.63, 3.8) is 0 Å². The summed E-state index contributed by atoms with van der Waals surface area (Å²) in [4.78, 5) is 6.61. The Labute approximate surface area is 109 Å². The summed E-state index contributed by atoms with van der Waals surface area (Å²) < 4.78 is 5.26. The maximum Gasteiger partial charge on any atom is 0.240 e. The highest BCUT2D eigenvalue weighted by Crippen LogP contribution is 2.38. The van der Waals surface area contributed by atoms with Crippen molar-refractivity contribution in [2.24, 2.45) is 11.7 Å². The van der Waals surface area contributed by atoms with E-state index in [9.17, 15) is 0 Å². The Morgan fingerprint density at radius 2 is 2.17 bits per heavy atom. The number of rotatable bonds is 7. The van der Waals surface area contributed by atoms with Crippen molar-refractivity contribution < 1.29 is 4.52 Å². The number of hydrogen-bond acceptors (Lipinski definition) is 5. The first-order chi connectivity index (χ1) is 8.56. The Kier molecular flexibility index (Phi) is 4.35. The van der Waals surface area contributed by atoms with E-state index >= 15 is 0 Å². The van der Waals surface area contributed by atoms with Crippen molar-refractivity contribution in [2.45, 2.75) is 51.6 Å². The van der Waals surface area contributed by atoms with Crippen molar-refractivity contribution in [1.29, 1.82) is 0 Å². The van der Waals surface area contributed by atoms with Crippen LogP contribution in [0.1, 0.15) is 50.7 Å². The minimum absolute atomic E-state index is 0.261. The Morgan fingerprint density at radius 1 is 1.44 bits per heavy atom. The molecule has 5 heteroatoms. The molecule has 0 spiro atoms. The Balaban J connectivity index is 1.74. The van der Waals surface area contributed by atoms with Gasteiger partial charge in [-0.3, -0.25) is 4.90 Å². The molecule has 1 fully saturated rings. The van der Waals surface area contributed by atoms with E-state index in [4.69, 9.17) is 10.3 Å². The fraction of sp³-hybridized carbons (Fsp3) is 0.846. The highest BCUT2D eigenvalue weighted by molar-refractivity contribution is 5.03. The van der Waals surface area contributed by atoms with Gasteiger partial charge in [0.2, 0.25) is 5.89 Å². The molecule has 18 heavy (non-hydrogen) atoms. The SMILES string of the molecule is CC(C)C(N)CCN(C)Cc1nc(C2CC2)no1. The van der Waals surface area contributed by atoms with E-state index in [0.717, 1.165) is 24.7 Å². The third kappa shape index (κ3) is 3.78. The summed E-state index contributed by atoms with van der Waals surface area (Å²) in [6.45, 7) is 5.99. The van der Waals surface area contributed by atoms with E-state index in [-0.39, 0.29) is 6.04 Å². The fourth-order valence-electron chi connectivity index (χ4n) is 1.85. The highest BCUT2D eigenvalue weighted by Gasteiger charge is 2.28. The molecule has 2 rings (SSSR count). The summed E-state index contributed by atoms with van der Waals surface area (Å²) in [7, 11) is 2.06. The van der Waals surface area contributed by atoms with E-state index in [1.165, 1.54) is 12.8 Å². The van der Waals surface area contributed by atoms with Gasteiger partial charge in [0.25, 0.3) is 0 Å². The minimum atomic E-state index is 0.261. The second kappa shape index (κ2) is 5.80. The van der Waals surface area contributed by atoms with Crippen LogP contribution >= 0.6 is 0 Å². The van der Waals surface area contributed by atoms with Crippen LogP contribution in [0.25, 0.3) is 0 Å². The maximum absolute atomic E-state index is 6.03. The van der Waals surface area contributed by atoms with Crippen LogP contribution in [0, 0.1) is 5.92 Å². The van der Waals surface area contributed by atoms with Gasteiger partial charge >= 0.3 is 0 Å². The average Bonchev–Trinajstić information content (AvgIpc) is 3.07. The normalized spacial score (nSPS) is 17.7. The van der Waals surface area contributed by atoms with Crippen LogP contribution in [-0.2, 0) is 6.54 Å². The topological polar surface area (TPSA) is 68.2 Å². The molecule has 0 aliphatic heterocycles. The quantitative estimate of drug-likeness (QED) is 0.800. The molecule has 1 atom stereocenters. The zero-order chi connectivity index (χ0) is 13.1. The lowest BCUT2D eigenvalue weighted by Crippen LogP contribution is -2.31. The van der Waals surface area contributed by atoms with Gasteiger partial charge in [-0.2, -0.15) is 4.98 Å². The molecule has 1 heterocycles. The third-order valence-corrected chi connectivity index (χ3v) is 3.53. The molecule has 0 radical (unpaired) electrons.